The largest absolute Gasteiger partial charge is 0.494 e. The molecule has 8 heteroatoms. The number of nitrogens with two attached hydrogens (primary N) is 1. The number of anilines is 1. The van der Waals surface area contributed by atoms with E-state index in [1.165, 1.54) is 18.2 Å². The number of pyridine rings is 1. The van der Waals surface area contributed by atoms with Gasteiger partial charge in [-0.3, -0.25) is 5.43 Å². The second-order valence-corrected chi connectivity index (χ2v) is 4.56. The summed E-state index contributed by atoms with van der Waals surface area (Å²) in [5, 5.41) is 9.32. The molecule has 0 unspecified atom stereocenters. The van der Waals surface area contributed by atoms with Crippen LogP contribution in [0.1, 0.15) is 0 Å². The van der Waals surface area contributed by atoms with Crippen molar-refractivity contribution in [3.8, 4) is 34.4 Å². The molecule has 0 saturated carbocycles. The lowest BCUT2D eigenvalue weighted by Gasteiger charge is -2.10. The van der Waals surface area contributed by atoms with E-state index in [-0.39, 0.29) is 11.8 Å². The maximum atomic E-state index is 9.32. The van der Waals surface area contributed by atoms with Crippen LogP contribution in [0.5, 0.6) is 11.8 Å². The molecule has 2 aromatic heterocycles. The third-order valence-electron chi connectivity index (χ3n) is 3.17. The summed E-state index contributed by atoms with van der Waals surface area (Å²) in [7, 11) is 1.50. The van der Waals surface area contributed by atoms with Gasteiger partial charge in [-0.1, -0.05) is 24.3 Å². The highest BCUT2D eigenvalue weighted by atomic mass is 16.5. The first-order valence-electron chi connectivity index (χ1n) is 6.72. The smallest absolute Gasteiger partial charge is 0.319 e. The first kappa shape index (κ1) is 14.7. The van der Waals surface area contributed by atoms with Crippen molar-refractivity contribution in [1.82, 2.24) is 19.9 Å². The Balaban J connectivity index is 0.000000213. The molecule has 0 amide bonds. The van der Waals surface area contributed by atoms with Gasteiger partial charge in [0.2, 0.25) is 5.95 Å². The highest BCUT2D eigenvalue weighted by Gasteiger charge is 2.12. The number of hydrogen-bond acceptors (Lipinski definition) is 8. The number of benzene rings is 1. The second kappa shape index (κ2) is 6.24. The molecule has 0 radical (unpaired) electrons. The van der Waals surface area contributed by atoms with Crippen LogP contribution < -0.4 is 16.0 Å². The summed E-state index contributed by atoms with van der Waals surface area (Å²) in [6.07, 6.45) is 1.56. The van der Waals surface area contributed by atoms with E-state index in [0.29, 0.717) is 11.4 Å². The zero-order valence-electron chi connectivity index (χ0n) is 12.3. The van der Waals surface area contributed by atoms with Crippen molar-refractivity contribution in [3.63, 3.8) is 0 Å². The molecule has 4 N–H and O–H groups in total. The Morgan fingerprint density at radius 3 is 2.26 bits per heavy atom. The van der Waals surface area contributed by atoms with E-state index in [1.54, 1.807) is 18.3 Å². The first-order chi connectivity index (χ1) is 11.2. The molecule has 23 heavy (non-hydrogen) atoms. The van der Waals surface area contributed by atoms with Crippen LogP contribution in [0.15, 0.2) is 42.6 Å². The molecule has 2 heterocycles. The summed E-state index contributed by atoms with van der Waals surface area (Å²) >= 11 is 0. The molecule has 0 saturated heterocycles. The third-order valence-corrected chi connectivity index (χ3v) is 3.17. The lowest BCUT2D eigenvalue weighted by molar-refractivity contribution is 0.413. The summed E-state index contributed by atoms with van der Waals surface area (Å²) in [6.45, 7) is 0. The van der Waals surface area contributed by atoms with Crippen LogP contribution in [0.25, 0.3) is 22.6 Å². The minimum Gasteiger partial charge on any atom is -0.494 e. The Kier molecular flexibility index (Phi) is 3.98. The van der Waals surface area contributed by atoms with Gasteiger partial charge in [-0.05, 0) is 23.3 Å². The van der Waals surface area contributed by atoms with E-state index in [2.05, 4.69) is 49.6 Å². The second-order valence-electron chi connectivity index (χ2n) is 4.56. The van der Waals surface area contributed by atoms with Gasteiger partial charge in [0.1, 0.15) is 11.4 Å². The van der Waals surface area contributed by atoms with Gasteiger partial charge in [0.15, 0.2) is 5.82 Å². The van der Waals surface area contributed by atoms with Crippen molar-refractivity contribution in [3.05, 3.63) is 42.6 Å². The van der Waals surface area contributed by atoms with Gasteiger partial charge in [0.05, 0.1) is 7.11 Å². The molecule has 4 rings (SSSR count). The number of aromatic hydroxyl groups is 1. The van der Waals surface area contributed by atoms with Gasteiger partial charge < -0.3 is 9.84 Å². The fraction of sp³-hybridized carbons (Fsp3) is 0.0667. The molecule has 0 spiro atoms. The predicted octanol–water partition coefficient (Wildman–Crippen LogP) is 1.60. The SMILES string of the molecule is COc1cccnc1-c1nc(O)nc(NN)n1.c1cc2ccc1-2. The Morgan fingerprint density at radius 1 is 1.04 bits per heavy atom. The summed E-state index contributed by atoms with van der Waals surface area (Å²) in [5.74, 6) is 5.87. The fourth-order valence-corrected chi connectivity index (χ4v) is 1.92. The highest BCUT2D eigenvalue weighted by molar-refractivity contribution is 5.75. The third kappa shape index (κ3) is 3.01. The Morgan fingerprint density at radius 2 is 1.74 bits per heavy atom. The maximum Gasteiger partial charge on any atom is 0.319 e. The number of aromatic nitrogens is 4. The number of ether oxygens (including phenoxy) is 1. The number of hydrazine groups is 1. The van der Waals surface area contributed by atoms with E-state index in [1.807, 2.05) is 0 Å². The summed E-state index contributed by atoms with van der Waals surface area (Å²) in [4.78, 5) is 15.4. The number of hydrogen-bond donors (Lipinski definition) is 3. The number of nitrogens with one attached hydrogen (secondary N) is 1. The van der Waals surface area contributed by atoms with Crippen LogP contribution in [0.4, 0.5) is 5.95 Å². The van der Waals surface area contributed by atoms with Crippen molar-refractivity contribution < 1.29 is 9.84 Å². The predicted molar refractivity (Wildman–Crippen MR) is 84.5 cm³/mol. The van der Waals surface area contributed by atoms with Crippen molar-refractivity contribution in [1.29, 1.82) is 0 Å². The Hall–Kier alpha value is -3.26. The van der Waals surface area contributed by atoms with Crippen LogP contribution in [0.3, 0.4) is 0 Å². The van der Waals surface area contributed by atoms with Gasteiger partial charge in [-0.15, -0.1) is 0 Å². The molecule has 0 fully saturated rings. The minimum atomic E-state index is -0.448. The van der Waals surface area contributed by atoms with Crippen LogP contribution in [-0.2, 0) is 0 Å². The number of fused-ring (bicyclic) bond motifs is 1. The van der Waals surface area contributed by atoms with Crippen LogP contribution in [0.2, 0.25) is 0 Å². The van der Waals surface area contributed by atoms with Gasteiger partial charge >= 0.3 is 6.01 Å². The zero-order chi connectivity index (χ0) is 16.2. The normalized spacial score (nSPS) is 10.3. The fourth-order valence-electron chi connectivity index (χ4n) is 1.92. The molecule has 2 aliphatic carbocycles. The molecule has 0 aliphatic heterocycles. The molecule has 0 aromatic carbocycles. The highest BCUT2D eigenvalue weighted by Crippen LogP contribution is 2.29. The van der Waals surface area contributed by atoms with E-state index in [4.69, 9.17) is 10.6 Å². The van der Waals surface area contributed by atoms with Crippen molar-refractivity contribution in [2.24, 2.45) is 5.84 Å². The first-order valence-corrected chi connectivity index (χ1v) is 6.72. The van der Waals surface area contributed by atoms with Crippen LogP contribution >= 0.6 is 0 Å². The quantitative estimate of drug-likeness (QED) is 0.385. The molecule has 0 bridgehead atoms. The number of methoxy groups -OCH3 is 1. The Labute approximate surface area is 132 Å². The average Bonchev–Trinajstić information content (AvgIpc) is 2.57. The molecule has 8 nitrogen and oxygen atoms in total. The van der Waals surface area contributed by atoms with Gasteiger partial charge in [0, 0.05) is 6.20 Å². The Bertz CT molecular complexity index is 801. The summed E-state index contributed by atoms with van der Waals surface area (Å²) < 4.78 is 5.12. The van der Waals surface area contributed by atoms with Gasteiger partial charge in [-0.2, -0.15) is 15.0 Å². The van der Waals surface area contributed by atoms with Gasteiger partial charge in [-0.25, -0.2) is 10.8 Å². The monoisotopic (exact) mass is 310 g/mol. The van der Waals surface area contributed by atoms with E-state index in [9.17, 15) is 5.11 Å². The lowest BCUT2D eigenvalue weighted by atomic mass is 9.95. The molecular weight excluding hydrogens is 296 g/mol. The average molecular weight is 310 g/mol. The standard InChI is InChI=1S/C9H10N6O2.C6H4/c1-17-5-3-2-4-11-6(5)7-12-8(15-10)14-9(16)13-7;1-2-6-4-3-5(1)6/h2-4H,10H2,1H3,(H2,12,13,14,15,16);1-4H. The van der Waals surface area contributed by atoms with Crippen molar-refractivity contribution >= 4 is 5.95 Å². The summed E-state index contributed by atoms with van der Waals surface area (Å²) in [5.41, 5.74) is 5.47. The number of rotatable bonds is 3. The van der Waals surface area contributed by atoms with Crippen LogP contribution in [-0.4, -0.2) is 32.2 Å². The lowest BCUT2D eigenvalue weighted by Crippen LogP contribution is -2.11. The molecule has 2 aromatic rings. The number of nitrogens with zero attached hydrogens (tertiary/aromatic N) is 4. The molecule has 116 valence electrons. The minimum absolute atomic E-state index is 0.0419. The molecule has 0 atom stereocenters. The van der Waals surface area contributed by atoms with E-state index >= 15 is 0 Å². The topological polar surface area (TPSA) is 119 Å². The van der Waals surface area contributed by atoms with E-state index in [0.717, 1.165) is 0 Å². The van der Waals surface area contributed by atoms with Gasteiger partial charge in [0.25, 0.3) is 0 Å². The number of nitrogen functional groups attached to an aromatic ring is 1. The van der Waals surface area contributed by atoms with E-state index < -0.39 is 6.01 Å². The van der Waals surface area contributed by atoms with Crippen LogP contribution in [0, 0.1) is 0 Å². The molecule has 2 aliphatic rings. The summed E-state index contributed by atoms with van der Waals surface area (Å²) in [6, 6.07) is 11.5. The maximum absolute atomic E-state index is 9.32. The zero-order valence-corrected chi connectivity index (χ0v) is 12.3. The van der Waals surface area contributed by atoms with Crippen molar-refractivity contribution in [2.45, 2.75) is 0 Å². The van der Waals surface area contributed by atoms with Crippen molar-refractivity contribution in [2.75, 3.05) is 12.5 Å². The molecular formula is C15H14N6O2.